The topological polar surface area (TPSA) is 37.0 Å². The van der Waals surface area contributed by atoms with Gasteiger partial charge in [0, 0.05) is 39.3 Å². The molecule has 0 amide bonds. The van der Waals surface area contributed by atoms with Gasteiger partial charge in [-0.05, 0) is 36.0 Å². The van der Waals surface area contributed by atoms with Crippen molar-refractivity contribution in [3.63, 3.8) is 0 Å². The molecule has 0 spiro atoms. The van der Waals surface area contributed by atoms with Gasteiger partial charge in [0.15, 0.2) is 0 Å². The van der Waals surface area contributed by atoms with Crippen molar-refractivity contribution in [3.8, 4) is 5.75 Å². The Labute approximate surface area is 152 Å². The fraction of sp³-hybridized carbons (Fsp3) is 0.700. The van der Waals surface area contributed by atoms with E-state index in [4.69, 9.17) is 9.47 Å². The first kappa shape index (κ1) is 18.6. The number of hydrogen-bond acceptors (Lipinski definition) is 5. The lowest BCUT2D eigenvalue weighted by molar-refractivity contribution is 0.0105. The van der Waals surface area contributed by atoms with E-state index in [1.165, 1.54) is 25.1 Å². The lowest BCUT2D eigenvalue weighted by Gasteiger charge is -2.34. The molecule has 1 N–H and O–H groups in total. The Bertz CT molecular complexity index is 509. The summed E-state index contributed by atoms with van der Waals surface area (Å²) in [5.74, 6) is 2.58. The molecule has 0 aromatic heterocycles. The maximum absolute atomic E-state index is 6.01. The number of hydrogen-bond donors (Lipinski definition) is 1. The van der Waals surface area contributed by atoms with Gasteiger partial charge in [0.1, 0.15) is 12.4 Å². The van der Waals surface area contributed by atoms with Gasteiger partial charge in [-0.1, -0.05) is 26.0 Å². The van der Waals surface area contributed by atoms with Crippen molar-refractivity contribution in [2.24, 2.45) is 11.8 Å². The second-order valence-electron chi connectivity index (χ2n) is 7.64. The number of hydrazine groups is 1. The zero-order valence-electron chi connectivity index (χ0n) is 15.7. The van der Waals surface area contributed by atoms with Gasteiger partial charge in [0.2, 0.25) is 0 Å². The van der Waals surface area contributed by atoms with E-state index in [-0.39, 0.29) is 0 Å². The smallest absolute Gasteiger partial charge is 0.119 e. The summed E-state index contributed by atoms with van der Waals surface area (Å²) in [6.07, 6.45) is 1.36. The molecule has 2 aliphatic heterocycles. The largest absolute Gasteiger partial charge is 0.492 e. The Balaban J connectivity index is 1.40. The maximum Gasteiger partial charge on any atom is 0.119 e. The Morgan fingerprint density at radius 2 is 1.92 bits per heavy atom. The molecule has 0 radical (unpaired) electrons. The van der Waals surface area contributed by atoms with Crippen LogP contribution in [0.1, 0.15) is 25.8 Å². The molecule has 0 bridgehead atoms. The molecule has 5 heteroatoms. The van der Waals surface area contributed by atoms with Crippen LogP contribution in [-0.4, -0.2) is 62.5 Å². The second kappa shape index (κ2) is 9.53. The molecule has 1 aromatic rings. The van der Waals surface area contributed by atoms with Crippen LogP contribution in [0.2, 0.25) is 0 Å². The molecule has 140 valence electrons. The monoisotopic (exact) mass is 347 g/mol. The van der Waals surface area contributed by atoms with Crippen LogP contribution in [0.3, 0.4) is 0 Å². The first-order chi connectivity index (χ1) is 12.2. The summed E-state index contributed by atoms with van der Waals surface area (Å²) in [5, 5.41) is 2.23. The summed E-state index contributed by atoms with van der Waals surface area (Å²) in [4.78, 5) is 2.54. The molecular weight excluding hydrogens is 314 g/mol. The zero-order valence-corrected chi connectivity index (χ0v) is 15.7. The number of morpholine rings is 1. The summed E-state index contributed by atoms with van der Waals surface area (Å²) in [7, 11) is 0. The predicted octanol–water partition coefficient (Wildman–Crippen LogP) is 2.38. The summed E-state index contributed by atoms with van der Waals surface area (Å²) in [6, 6.07) is 8.43. The van der Waals surface area contributed by atoms with Gasteiger partial charge < -0.3 is 9.47 Å². The average molecular weight is 348 g/mol. The van der Waals surface area contributed by atoms with Gasteiger partial charge >= 0.3 is 0 Å². The van der Waals surface area contributed by atoms with Crippen molar-refractivity contribution in [1.82, 2.24) is 15.3 Å². The van der Waals surface area contributed by atoms with E-state index >= 15 is 0 Å². The van der Waals surface area contributed by atoms with Gasteiger partial charge in [-0.2, -0.15) is 0 Å². The van der Waals surface area contributed by atoms with Crippen LogP contribution in [0.15, 0.2) is 24.3 Å². The molecule has 2 aliphatic rings. The quantitative estimate of drug-likeness (QED) is 0.820. The zero-order chi connectivity index (χ0) is 17.5. The third-order valence-corrected chi connectivity index (χ3v) is 5.04. The molecule has 2 fully saturated rings. The highest BCUT2D eigenvalue weighted by molar-refractivity contribution is 5.28. The van der Waals surface area contributed by atoms with Crippen molar-refractivity contribution in [2.45, 2.75) is 26.8 Å². The van der Waals surface area contributed by atoms with Crippen LogP contribution >= 0.6 is 0 Å². The van der Waals surface area contributed by atoms with Gasteiger partial charge in [0.25, 0.3) is 0 Å². The van der Waals surface area contributed by atoms with Crippen molar-refractivity contribution in [1.29, 1.82) is 0 Å². The number of ether oxygens (including phenoxy) is 2. The predicted molar refractivity (Wildman–Crippen MR) is 101 cm³/mol. The lowest BCUT2D eigenvalue weighted by atomic mass is 9.92. The van der Waals surface area contributed by atoms with E-state index in [1.54, 1.807) is 0 Å². The third kappa shape index (κ3) is 6.26. The normalized spacial score (nSPS) is 25.8. The lowest BCUT2D eigenvalue weighted by Crippen LogP contribution is -2.45. The van der Waals surface area contributed by atoms with Gasteiger partial charge in [-0.25, -0.2) is 5.01 Å². The van der Waals surface area contributed by atoms with Crippen LogP contribution in [0.25, 0.3) is 0 Å². The Morgan fingerprint density at radius 1 is 1.16 bits per heavy atom. The van der Waals surface area contributed by atoms with Crippen molar-refractivity contribution in [3.05, 3.63) is 29.8 Å². The minimum absolute atomic E-state index is 0.764. The molecule has 25 heavy (non-hydrogen) atoms. The highest BCUT2D eigenvalue weighted by atomic mass is 16.5. The molecule has 0 aliphatic carbocycles. The van der Waals surface area contributed by atoms with E-state index < -0.39 is 0 Å². The summed E-state index contributed by atoms with van der Waals surface area (Å²) < 4.78 is 11.4. The van der Waals surface area contributed by atoms with Crippen LogP contribution in [0, 0.1) is 11.8 Å². The Hall–Kier alpha value is -1.14. The molecule has 2 atom stereocenters. The SMILES string of the molecule is C[C@@H]1C[C@H](C)CN(CCOc2cccc(CNN3CCOCC3)c2)C1. The molecular formula is C20H33N3O2. The van der Waals surface area contributed by atoms with Crippen molar-refractivity contribution in [2.75, 3.05) is 52.5 Å². The highest BCUT2D eigenvalue weighted by Crippen LogP contribution is 2.20. The molecule has 2 saturated heterocycles. The number of rotatable bonds is 7. The Kier molecular flexibility index (Phi) is 7.11. The number of piperidine rings is 1. The van der Waals surface area contributed by atoms with E-state index in [0.717, 1.165) is 63.6 Å². The molecule has 1 aromatic carbocycles. The molecule has 0 unspecified atom stereocenters. The standard InChI is InChI=1S/C20H33N3O2/c1-17-12-18(2)16-22(15-17)6-11-25-20-5-3-4-19(13-20)14-21-23-7-9-24-10-8-23/h3-5,13,17-18,21H,6-12,14-16H2,1-2H3/t17-,18+. The van der Waals surface area contributed by atoms with Crippen LogP contribution < -0.4 is 10.2 Å². The average Bonchev–Trinajstić information content (AvgIpc) is 2.60. The number of nitrogens with zero attached hydrogens (tertiary/aromatic N) is 2. The Morgan fingerprint density at radius 3 is 2.68 bits per heavy atom. The molecule has 2 heterocycles. The van der Waals surface area contributed by atoms with Crippen LogP contribution in [0.5, 0.6) is 5.75 Å². The molecule has 3 rings (SSSR count). The summed E-state index contributed by atoms with van der Waals surface area (Å²) >= 11 is 0. The van der Waals surface area contributed by atoms with Crippen LogP contribution in [-0.2, 0) is 11.3 Å². The van der Waals surface area contributed by atoms with E-state index in [0.29, 0.717) is 0 Å². The maximum atomic E-state index is 6.01. The first-order valence-electron chi connectivity index (χ1n) is 9.69. The van der Waals surface area contributed by atoms with Crippen LogP contribution in [0.4, 0.5) is 0 Å². The van der Waals surface area contributed by atoms with E-state index in [1.807, 2.05) is 0 Å². The molecule has 0 saturated carbocycles. The fourth-order valence-electron chi connectivity index (χ4n) is 3.94. The fourth-order valence-corrected chi connectivity index (χ4v) is 3.94. The van der Waals surface area contributed by atoms with Gasteiger partial charge in [-0.3, -0.25) is 10.3 Å². The van der Waals surface area contributed by atoms with Gasteiger partial charge in [-0.15, -0.1) is 0 Å². The number of nitrogens with one attached hydrogen (secondary N) is 1. The number of likely N-dealkylation sites (tertiary alicyclic amines) is 1. The highest BCUT2D eigenvalue weighted by Gasteiger charge is 2.21. The second-order valence-corrected chi connectivity index (χ2v) is 7.64. The van der Waals surface area contributed by atoms with E-state index in [9.17, 15) is 0 Å². The van der Waals surface area contributed by atoms with Gasteiger partial charge in [0.05, 0.1) is 13.2 Å². The summed E-state index contributed by atoms with van der Waals surface area (Å²) in [5.41, 5.74) is 4.73. The van der Waals surface area contributed by atoms with Crippen molar-refractivity contribution >= 4 is 0 Å². The third-order valence-electron chi connectivity index (χ3n) is 5.04. The minimum Gasteiger partial charge on any atom is -0.492 e. The number of benzene rings is 1. The van der Waals surface area contributed by atoms with Crippen molar-refractivity contribution < 1.29 is 9.47 Å². The van der Waals surface area contributed by atoms with E-state index in [2.05, 4.69) is 53.4 Å². The molecule has 5 nitrogen and oxygen atoms in total. The summed E-state index contributed by atoms with van der Waals surface area (Å²) in [6.45, 7) is 13.2. The first-order valence-corrected chi connectivity index (χ1v) is 9.69. The minimum atomic E-state index is 0.764.